The van der Waals surface area contributed by atoms with Crippen molar-refractivity contribution in [1.82, 2.24) is 9.78 Å². The summed E-state index contributed by atoms with van der Waals surface area (Å²) in [5, 5.41) is 6.80. The van der Waals surface area contributed by atoms with Gasteiger partial charge in [-0.2, -0.15) is 13.9 Å². The molecule has 0 bridgehead atoms. The summed E-state index contributed by atoms with van der Waals surface area (Å²) in [5.41, 5.74) is 2.13. The van der Waals surface area contributed by atoms with Crippen molar-refractivity contribution in [2.24, 2.45) is 7.05 Å². The second-order valence-corrected chi connectivity index (χ2v) is 5.92. The van der Waals surface area contributed by atoms with E-state index in [0.29, 0.717) is 11.4 Å². The molecule has 0 aliphatic heterocycles. The summed E-state index contributed by atoms with van der Waals surface area (Å²) >= 11 is 0. The van der Waals surface area contributed by atoms with Crippen LogP contribution >= 0.6 is 0 Å². The van der Waals surface area contributed by atoms with E-state index >= 15 is 0 Å². The Balaban J connectivity index is 1.99. The molecule has 0 aliphatic rings. The summed E-state index contributed by atoms with van der Waals surface area (Å²) < 4.78 is 41.2. The van der Waals surface area contributed by atoms with Gasteiger partial charge in [-0.1, -0.05) is 12.1 Å². The molecule has 1 N–H and O–H groups in total. The fourth-order valence-corrected chi connectivity index (χ4v) is 2.51. The highest BCUT2D eigenvalue weighted by Crippen LogP contribution is 2.33. The Labute approximate surface area is 166 Å². The number of nitrogens with zero attached hydrogens (tertiary/aromatic N) is 2. The third-order valence-electron chi connectivity index (χ3n) is 3.95. The van der Waals surface area contributed by atoms with Gasteiger partial charge in [0.2, 0.25) is 0 Å². The smallest absolute Gasteiger partial charge is 0.387 e. The molecule has 0 unspecified atom stereocenters. The first-order valence-electron chi connectivity index (χ1n) is 8.49. The highest BCUT2D eigenvalue weighted by Gasteiger charge is 2.15. The van der Waals surface area contributed by atoms with Crippen LogP contribution in [0.2, 0.25) is 0 Å². The lowest BCUT2D eigenvalue weighted by Crippen LogP contribution is -2.20. The Morgan fingerprint density at radius 3 is 2.62 bits per heavy atom. The molecule has 1 heterocycles. The number of carbonyl (C=O) groups excluding carboxylic acids is 2. The Morgan fingerprint density at radius 2 is 2.03 bits per heavy atom. The van der Waals surface area contributed by atoms with Crippen molar-refractivity contribution in [1.29, 1.82) is 0 Å². The molecule has 1 aromatic heterocycles. The average molecular weight is 409 g/mol. The first kappa shape index (κ1) is 21.9. The van der Waals surface area contributed by atoms with Crippen molar-refractivity contribution >= 4 is 23.6 Å². The zero-order valence-electron chi connectivity index (χ0n) is 16.4. The van der Waals surface area contributed by atoms with Crippen LogP contribution in [0.5, 0.6) is 11.5 Å². The Bertz CT molecular complexity index is 925. The number of hydrogen-bond donors (Lipinski definition) is 1. The molecule has 1 aromatic carbocycles. The molecule has 156 valence electrons. The van der Waals surface area contributed by atoms with Gasteiger partial charge in [0, 0.05) is 18.7 Å². The van der Waals surface area contributed by atoms with Gasteiger partial charge in [-0.05, 0) is 26.0 Å². The lowest BCUT2D eigenvalue weighted by atomic mass is 10.1. The minimum atomic E-state index is -3.06. The number of carbonyl (C=O) groups is 2. The van der Waals surface area contributed by atoms with Crippen LogP contribution in [0.4, 0.5) is 14.5 Å². The third-order valence-corrected chi connectivity index (χ3v) is 3.95. The van der Waals surface area contributed by atoms with Crippen molar-refractivity contribution < 1.29 is 32.6 Å². The second-order valence-electron chi connectivity index (χ2n) is 5.92. The van der Waals surface area contributed by atoms with Gasteiger partial charge in [0.1, 0.15) is 0 Å². The average Bonchev–Trinajstić information content (AvgIpc) is 2.91. The number of para-hydroxylation sites is 1. The van der Waals surface area contributed by atoms with Crippen molar-refractivity contribution in [3.63, 3.8) is 0 Å². The lowest BCUT2D eigenvalue weighted by molar-refractivity contribution is -0.142. The number of aromatic nitrogens is 2. The van der Waals surface area contributed by atoms with Crippen molar-refractivity contribution in [3.05, 3.63) is 41.2 Å². The van der Waals surface area contributed by atoms with E-state index in [-0.39, 0.29) is 17.1 Å². The second kappa shape index (κ2) is 9.67. The molecular formula is C19H21F2N3O5. The number of methoxy groups -OCH3 is 1. The molecular weight excluding hydrogens is 388 g/mol. The Hall–Kier alpha value is -3.43. The molecule has 10 heteroatoms. The summed E-state index contributed by atoms with van der Waals surface area (Å²) in [6, 6.07) is 4.46. The van der Waals surface area contributed by atoms with E-state index in [1.165, 1.54) is 25.3 Å². The maximum absolute atomic E-state index is 12.6. The minimum absolute atomic E-state index is 0.0856. The first-order chi connectivity index (χ1) is 13.7. The van der Waals surface area contributed by atoms with Gasteiger partial charge < -0.3 is 19.5 Å². The predicted octanol–water partition coefficient (Wildman–Crippen LogP) is 2.84. The number of halogens is 2. The Morgan fingerprint density at radius 1 is 1.31 bits per heavy atom. The zero-order valence-corrected chi connectivity index (χ0v) is 16.4. The van der Waals surface area contributed by atoms with Gasteiger partial charge in [0.25, 0.3) is 5.91 Å². The quantitative estimate of drug-likeness (QED) is 0.533. The molecule has 0 radical (unpaired) electrons. The van der Waals surface area contributed by atoms with Crippen molar-refractivity contribution in [2.75, 3.05) is 19.0 Å². The summed E-state index contributed by atoms with van der Waals surface area (Å²) in [6.07, 6.45) is 2.23. The van der Waals surface area contributed by atoms with Gasteiger partial charge in [-0.3, -0.25) is 9.48 Å². The Kier molecular flexibility index (Phi) is 7.29. The maximum atomic E-state index is 12.6. The molecule has 0 fully saturated rings. The van der Waals surface area contributed by atoms with E-state index in [1.807, 2.05) is 0 Å². The van der Waals surface area contributed by atoms with Crippen molar-refractivity contribution in [2.45, 2.75) is 20.5 Å². The fourth-order valence-electron chi connectivity index (χ4n) is 2.51. The van der Waals surface area contributed by atoms with Gasteiger partial charge in [-0.15, -0.1) is 0 Å². The van der Waals surface area contributed by atoms with Crippen LogP contribution in [0.15, 0.2) is 24.3 Å². The van der Waals surface area contributed by atoms with E-state index in [9.17, 15) is 18.4 Å². The lowest BCUT2D eigenvalue weighted by Gasteiger charge is -2.12. The van der Waals surface area contributed by atoms with E-state index in [0.717, 1.165) is 11.8 Å². The van der Waals surface area contributed by atoms with Gasteiger partial charge in [0.15, 0.2) is 18.1 Å². The van der Waals surface area contributed by atoms with Crippen LogP contribution in [0.1, 0.15) is 17.0 Å². The first-order valence-corrected chi connectivity index (χ1v) is 8.49. The number of hydrogen-bond acceptors (Lipinski definition) is 6. The molecule has 0 saturated carbocycles. The molecule has 0 spiro atoms. The van der Waals surface area contributed by atoms with E-state index < -0.39 is 25.1 Å². The number of nitrogens with one attached hydrogen (secondary N) is 1. The van der Waals surface area contributed by atoms with E-state index in [1.54, 1.807) is 31.6 Å². The maximum Gasteiger partial charge on any atom is 0.387 e. The van der Waals surface area contributed by atoms with Gasteiger partial charge in [0.05, 0.1) is 24.2 Å². The number of anilines is 1. The normalized spacial score (nSPS) is 11.0. The van der Waals surface area contributed by atoms with Crippen LogP contribution < -0.4 is 14.8 Å². The number of rotatable bonds is 8. The van der Waals surface area contributed by atoms with Gasteiger partial charge >= 0.3 is 12.6 Å². The van der Waals surface area contributed by atoms with Crippen LogP contribution in [0, 0.1) is 13.8 Å². The molecule has 2 aromatic rings. The number of ether oxygens (including phenoxy) is 3. The van der Waals surface area contributed by atoms with Gasteiger partial charge in [-0.25, -0.2) is 4.79 Å². The molecule has 0 atom stereocenters. The number of aryl methyl sites for hydroxylation is 2. The summed E-state index contributed by atoms with van der Waals surface area (Å²) in [7, 11) is 3.05. The monoisotopic (exact) mass is 409 g/mol. The molecule has 8 nitrogen and oxygen atoms in total. The summed E-state index contributed by atoms with van der Waals surface area (Å²) in [6.45, 7) is -0.0501. The molecule has 2 rings (SSSR count). The number of alkyl halides is 2. The number of benzene rings is 1. The standard InChI is InChI=1S/C19H21F2N3O5/c1-11-17(12(2)24(3)23-11)22-15(25)10-28-16(26)9-8-13-6-5-7-14(27-4)18(13)29-19(20)21/h5-9,19H,10H2,1-4H3,(H,22,25)/b9-8+. The van der Waals surface area contributed by atoms with E-state index in [4.69, 9.17) is 9.47 Å². The summed E-state index contributed by atoms with van der Waals surface area (Å²) in [4.78, 5) is 23.9. The molecule has 1 amide bonds. The third kappa shape index (κ3) is 5.77. The topological polar surface area (TPSA) is 91.7 Å². The van der Waals surface area contributed by atoms with E-state index in [2.05, 4.69) is 15.2 Å². The SMILES string of the molecule is COc1cccc(/C=C/C(=O)OCC(=O)Nc2c(C)nn(C)c2C)c1OC(F)F. The molecule has 29 heavy (non-hydrogen) atoms. The van der Waals surface area contributed by atoms with Crippen molar-refractivity contribution in [3.8, 4) is 11.5 Å². The highest BCUT2D eigenvalue weighted by molar-refractivity contribution is 5.95. The fraction of sp³-hybridized carbons (Fsp3) is 0.316. The highest BCUT2D eigenvalue weighted by atomic mass is 19.3. The predicted molar refractivity (Wildman–Crippen MR) is 101 cm³/mol. The summed E-state index contributed by atoms with van der Waals surface area (Å²) in [5.74, 6) is -1.49. The van der Waals surface area contributed by atoms with Crippen LogP contribution in [-0.4, -0.2) is 42.0 Å². The number of esters is 1. The number of amides is 1. The minimum Gasteiger partial charge on any atom is -0.493 e. The molecule has 0 aliphatic carbocycles. The zero-order chi connectivity index (χ0) is 21.6. The van der Waals surface area contributed by atoms with Crippen LogP contribution in [-0.2, 0) is 21.4 Å². The molecule has 0 saturated heterocycles. The van der Waals surface area contributed by atoms with Crippen LogP contribution in [0.25, 0.3) is 6.08 Å². The largest absolute Gasteiger partial charge is 0.493 e. The van der Waals surface area contributed by atoms with Crippen LogP contribution in [0.3, 0.4) is 0 Å².